The molecule has 5 rings (SSSR count). The van der Waals surface area contributed by atoms with Crippen molar-refractivity contribution in [3.63, 3.8) is 0 Å². The van der Waals surface area contributed by atoms with Crippen LogP contribution >= 0.6 is 0 Å². The fourth-order valence-corrected chi connectivity index (χ4v) is 4.04. The zero-order valence-corrected chi connectivity index (χ0v) is 14.9. The molecule has 2 heteroatoms. The Kier molecular flexibility index (Phi) is 3.26. The molecule has 1 heterocycles. The summed E-state index contributed by atoms with van der Waals surface area (Å²) in [6.45, 7) is 2.20. The first-order valence-electron chi connectivity index (χ1n) is 8.89. The first kappa shape index (κ1) is 15.0. The van der Waals surface area contributed by atoms with E-state index in [1.54, 1.807) is 0 Å². The minimum absolute atomic E-state index is 1.06. The van der Waals surface area contributed by atoms with Crippen LogP contribution in [-0.4, -0.2) is 4.98 Å². The van der Waals surface area contributed by atoms with Crippen molar-refractivity contribution in [2.24, 2.45) is 7.05 Å². The molecule has 0 atom stereocenters. The number of nitrogens with zero attached hydrogens (tertiary/aromatic N) is 2. The summed E-state index contributed by atoms with van der Waals surface area (Å²) in [6, 6.07) is 23.8. The van der Waals surface area contributed by atoms with Gasteiger partial charge in [0.15, 0.2) is 6.20 Å². The lowest BCUT2D eigenvalue weighted by Gasteiger charge is -2.12. The lowest BCUT2D eigenvalue weighted by molar-refractivity contribution is -0.644. The molecule has 0 aliphatic carbocycles. The molecule has 1 aromatic heterocycles. The van der Waals surface area contributed by atoms with Gasteiger partial charge in [0.2, 0.25) is 5.52 Å². The average molecular weight is 335 g/mol. The molecule has 4 aromatic carbocycles. The molecule has 0 N–H and O–H groups in total. The molecule has 2 nitrogen and oxygen atoms in total. The van der Waals surface area contributed by atoms with Crippen LogP contribution in [0.3, 0.4) is 0 Å². The van der Waals surface area contributed by atoms with E-state index in [1.807, 2.05) is 12.4 Å². The van der Waals surface area contributed by atoms with Crippen LogP contribution in [0.5, 0.6) is 0 Å². The topological polar surface area (TPSA) is 16.8 Å². The minimum Gasteiger partial charge on any atom is -0.243 e. The monoisotopic (exact) mass is 335 g/mol. The summed E-state index contributed by atoms with van der Waals surface area (Å²) >= 11 is 0. The molecule has 0 bridgehead atoms. The van der Waals surface area contributed by atoms with E-state index >= 15 is 0 Å². The first-order valence-corrected chi connectivity index (χ1v) is 8.89. The SMILES string of the molecule is Cc1cc(-c2ccccc2)cc2c3ccccc3c3ncc[n+](C)c3c12. The van der Waals surface area contributed by atoms with E-state index < -0.39 is 0 Å². The van der Waals surface area contributed by atoms with Crippen LogP contribution in [0.4, 0.5) is 0 Å². The number of rotatable bonds is 1. The van der Waals surface area contributed by atoms with Gasteiger partial charge in [0, 0.05) is 5.39 Å². The van der Waals surface area contributed by atoms with E-state index in [2.05, 4.69) is 85.3 Å². The Bertz CT molecular complexity index is 1290. The van der Waals surface area contributed by atoms with Crippen molar-refractivity contribution in [2.75, 3.05) is 0 Å². The van der Waals surface area contributed by atoms with Crippen molar-refractivity contribution < 1.29 is 4.57 Å². The molecular weight excluding hydrogens is 316 g/mol. The van der Waals surface area contributed by atoms with Crippen LogP contribution in [0, 0.1) is 6.92 Å². The number of aryl methyl sites for hydroxylation is 2. The third-order valence-corrected chi connectivity index (χ3v) is 5.22. The number of fused-ring (bicyclic) bond motifs is 6. The zero-order chi connectivity index (χ0) is 17.7. The van der Waals surface area contributed by atoms with Crippen molar-refractivity contribution in [3.05, 3.63) is 84.7 Å². The molecule has 0 saturated heterocycles. The summed E-state index contributed by atoms with van der Waals surface area (Å²) in [6.07, 6.45) is 3.91. The Balaban J connectivity index is 2.04. The molecule has 0 aliphatic rings. The maximum absolute atomic E-state index is 4.72. The molecule has 26 heavy (non-hydrogen) atoms. The number of aromatic nitrogens is 2. The van der Waals surface area contributed by atoms with Gasteiger partial charge in [-0.2, -0.15) is 4.57 Å². The third-order valence-electron chi connectivity index (χ3n) is 5.22. The molecule has 0 aliphatic heterocycles. The van der Waals surface area contributed by atoms with Crippen LogP contribution in [0.1, 0.15) is 5.56 Å². The maximum Gasteiger partial charge on any atom is 0.239 e. The predicted octanol–water partition coefficient (Wildman–Crippen LogP) is 5.34. The molecule has 0 saturated carbocycles. The Labute approximate surface area is 152 Å². The molecule has 0 radical (unpaired) electrons. The molecule has 0 amide bonds. The fourth-order valence-electron chi connectivity index (χ4n) is 4.04. The van der Waals surface area contributed by atoms with E-state index in [-0.39, 0.29) is 0 Å². The van der Waals surface area contributed by atoms with E-state index in [0.29, 0.717) is 0 Å². The van der Waals surface area contributed by atoms with Crippen LogP contribution in [0.2, 0.25) is 0 Å². The molecule has 124 valence electrons. The van der Waals surface area contributed by atoms with E-state index in [1.165, 1.54) is 43.8 Å². The van der Waals surface area contributed by atoms with Crippen molar-refractivity contribution in [1.82, 2.24) is 4.98 Å². The molecule has 0 spiro atoms. The summed E-state index contributed by atoms with van der Waals surface area (Å²) in [5, 5.41) is 5.04. The summed E-state index contributed by atoms with van der Waals surface area (Å²) in [5.41, 5.74) is 6.04. The standard InChI is InChI=1S/C24H19N2/c1-16-14-18(17-8-4-3-5-9-17)15-21-19-10-6-7-11-20(19)23-24(22(16)21)26(2)13-12-25-23/h3-15H,1-2H3/q+1. The van der Waals surface area contributed by atoms with Crippen molar-refractivity contribution >= 4 is 32.6 Å². The molecular formula is C24H19N2+. The van der Waals surface area contributed by atoms with Gasteiger partial charge in [0.1, 0.15) is 12.6 Å². The van der Waals surface area contributed by atoms with Gasteiger partial charge in [-0.1, -0.05) is 60.7 Å². The van der Waals surface area contributed by atoms with Crippen molar-refractivity contribution in [1.29, 1.82) is 0 Å². The van der Waals surface area contributed by atoms with Gasteiger partial charge in [0.25, 0.3) is 0 Å². The summed E-state index contributed by atoms with van der Waals surface area (Å²) in [5.74, 6) is 0. The summed E-state index contributed by atoms with van der Waals surface area (Å²) in [7, 11) is 2.10. The van der Waals surface area contributed by atoms with Crippen LogP contribution in [0.15, 0.2) is 79.1 Å². The van der Waals surface area contributed by atoms with Gasteiger partial charge in [-0.05, 0) is 40.5 Å². The van der Waals surface area contributed by atoms with Gasteiger partial charge in [-0.25, -0.2) is 4.98 Å². The summed E-state index contributed by atoms with van der Waals surface area (Å²) < 4.78 is 2.19. The normalized spacial score (nSPS) is 11.5. The zero-order valence-electron chi connectivity index (χ0n) is 14.9. The Morgan fingerprint density at radius 2 is 1.50 bits per heavy atom. The second kappa shape index (κ2) is 5.63. The highest BCUT2D eigenvalue weighted by Crippen LogP contribution is 2.36. The third kappa shape index (κ3) is 2.12. The average Bonchev–Trinajstić information content (AvgIpc) is 2.69. The van der Waals surface area contributed by atoms with Gasteiger partial charge in [0.05, 0.1) is 11.6 Å². The van der Waals surface area contributed by atoms with E-state index in [0.717, 1.165) is 5.52 Å². The predicted molar refractivity (Wildman–Crippen MR) is 108 cm³/mol. The van der Waals surface area contributed by atoms with Gasteiger partial charge in [-0.15, -0.1) is 0 Å². The highest BCUT2D eigenvalue weighted by atomic mass is 14.9. The van der Waals surface area contributed by atoms with E-state index in [9.17, 15) is 0 Å². The van der Waals surface area contributed by atoms with Crippen LogP contribution in [-0.2, 0) is 7.05 Å². The summed E-state index contributed by atoms with van der Waals surface area (Å²) in [4.78, 5) is 4.72. The number of hydrogen-bond donors (Lipinski definition) is 0. The second-order valence-electron chi connectivity index (χ2n) is 6.86. The quantitative estimate of drug-likeness (QED) is 0.298. The van der Waals surface area contributed by atoms with Crippen molar-refractivity contribution in [2.45, 2.75) is 6.92 Å². The van der Waals surface area contributed by atoms with E-state index in [4.69, 9.17) is 4.98 Å². The second-order valence-corrected chi connectivity index (χ2v) is 6.86. The smallest absolute Gasteiger partial charge is 0.239 e. The Morgan fingerprint density at radius 1 is 0.769 bits per heavy atom. The lowest BCUT2D eigenvalue weighted by atomic mass is 9.92. The first-order chi connectivity index (χ1) is 12.7. The van der Waals surface area contributed by atoms with Crippen LogP contribution < -0.4 is 4.57 Å². The maximum atomic E-state index is 4.72. The Hall–Kier alpha value is -3.26. The largest absolute Gasteiger partial charge is 0.243 e. The minimum atomic E-state index is 1.06. The Morgan fingerprint density at radius 3 is 2.31 bits per heavy atom. The van der Waals surface area contributed by atoms with Crippen molar-refractivity contribution in [3.8, 4) is 11.1 Å². The molecule has 0 fully saturated rings. The number of hydrogen-bond acceptors (Lipinski definition) is 1. The molecule has 5 aromatic rings. The molecule has 0 unspecified atom stereocenters. The van der Waals surface area contributed by atoms with Crippen LogP contribution in [0.25, 0.3) is 43.7 Å². The highest BCUT2D eigenvalue weighted by Gasteiger charge is 2.18. The number of benzene rings is 4. The van der Waals surface area contributed by atoms with Gasteiger partial charge < -0.3 is 0 Å². The fraction of sp³-hybridized carbons (Fsp3) is 0.0833. The highest BCUT2D eigenvalue weighted by molar-refractivity contribution is 6.23. The van der Waals surface area contributed by atoms with Gasteiger partial charge in [-0.3, -0.25) is 0 Å². The lowest BCUT2D eigenvalue weighted by Crippen LogP contribution is -2.29. The van der Waals surface area contributed by atoms with Gasteiger partial charge >= 0.3 is 0 Å².